The summed E-state index contributed by atoms with van der Waals surface area (Å²) < 4.78 is 22.8. The molecular weight excluding hydrogens is 654 g/mol. The molecule has 1 aliphatic rings. The summed E-state index contributed by atoms with van der Waals surface area (Å²) in [5.41, 5.74) is 3.70. The molecular formula is C34H38ClN7O7. The van der Waals surface area contributed by atoms with Crippen LogP contribution in [-0.2, 0) is 25.5 Å². The number of alkyl halides is 1. The summed E-state index contributed by atoms with van der Waals surface area (Å²) in [6.07, 6.45) is 3.08. The van der Waals surface area contributed by atoms with Crippen molar-refractivity contribution in [1.29, 1.82) is 0 Å². The minimum Gasteiger partial charge on any atom is -0.507 e. The van der Waals surface area contributed by atoms with Gasteiger partial charge in [-0.05, 0) is 35.6 Å². The maximum atomic E-state index is 13.9. The van der Waals surface area contributed by atoms with E-state index in [2.05, 4.69) is 25.6 Å². The van der Waals surface area contributed by atoms with E-state index >= 15 is 0 Å². The van der Waals surface area contributed by atoms with Gasteiger partial charge in [-0.25, -0.2) is 9.67 Å². The summed E-state index contributed by atoms with van der Waals surface area (Å²) in [7, 11) is 1.62. The number of aryl methyl sites for hydroxylation is 1. The number of carbonyl (C=O) groups excluding carboxylic acids is 2. The van der Waals surface area contributed by atoms with E-state index in [9.17, 15) is 14.7 Å². The molecule has 0 aliphatic carbocycles. The van der Waals surface area contributed by atoms with Crippen molar-refractivity contribution in [3.63, 3.8) is 0 Å². The highest BCUT2D eigenvalue weighted by molar-refractivity contribution is 6.19. The van der Waals surface area contributed by atoms with Crippen LogP contribution in [0.25, 0.3) is 21.7 Å². The Balaban J connectivity index is 1.04. The molecule has 0 radical (unpaired) electrons. The van der Waals surface area contributed by atoms with Crippen LogP contribution in [0.5, 0.6) is 5.75 Å². The van der Waals surface area contributed by atoms with Gasteiger partial charge in [0.25, 0.3) is 11.8 Å². The second-order valence-corrected chi connectivity index (χ2v) is 11.9. The number of nitrogens with zero attached hydrogens (tertiary/aromatic N) is 5. The normalized spacial score (nSPS) is 14.2. The topological polar surface area (TPSA) is 166 Å². The third-order valence-corrected chi connectivity index (χ3v) is 8.66. The van der Waals surface area contributed by atoms with E-state index < -0.39 is 5.91 Å². The fourth-order valence-electron chi connectivity index (χ4n) is 5.91. The number of amides is 2. The number of carbonyl (C=O) groups is 2. The number of methoxy groups -OCH3 is 1. The van der Waals surface area contributed by atoms with Crippen LogP contribution in [0.1, 0.15) is 38.0 Å². The van der Waals surface area contributed by atoms with E-state index in [4.69, 9.17) is 30.5 Å². The molecule has 0 unspecified atom stereocenters. The summed E-state index contributed by atoms with van der Waals surface area (Å²) >= 11 is 6.40. The predicted molar refractivity (Wildman–Crippen MR) is 184 cm³/mol. The molecule has 15 heteroatoms. The van der Waals surface area contributed by atoms with Gasteiger partial charge in [0.15, 0.2) is 5.69 Å². The Kier molecular flexibility index (Phi) is 11.0. The number of H-pyrrole nitrogens is 1. The average Bonchev–Trinajstić information content (AvgIpc) is 3.84. The maximum Gasteiger partial charge on any atom is 0.278 e. The number of fused-ring (bicyclic) bond motifs is 4. The van der Waals surface area contributed by atoms with Crippen LogP contribution in [0.15, 0.2) is 48.8 Å². The van der Waals surface area contributed by atoms with E-state index in [1.807, 2.05) is 25.1 Å². The molecule has 2 aromatic carbocycles. The number of aromatic hydroxyl groups is 1. The van der Waals surface area contributed by atoms with Crippen LogP contribution >= 0.6 is 11.6 Å². The van der Waals surface area contributed by atoms with Crippen molar-refractivity contribution in [3.05, 3.63) is 71.3 Å². The smallest absolute Gasteiger partial charge is 0.278 e. The van der Waals surface area contributed by atoms with Gasteiger partial charge in [0.05, 0.1) is 76.4 Å². The number of anilines is 2. The van der Waals surface area contributed by atoms with Crippen LogP contribution in [0.4, 0.5) is 11.5 Å². The minimum absolute atomic E-state index is 0.0924. The van der Waals surface area contributed by atoms with Gasteiger partial charge < -0.3 is 39.3 Å². The van der Waals surface area contributed by atoms with E-state index in [-0.39, 0.29) is 29.1 Å². The Labute approximate surface area is 287 Å². The van der Waals surface area contributed by atoms with Crippen molar-refractivity contribution in [2.24, 2.45) is 0 Å². The number of hydrogen-bond acceptors (Lipinski definition) is 10. The van der Waals surface area contributed by atoms with Crippen molar-refractivity contribution in [2.75, 3.05) is 76.0 Å². The van der Waals surface area contributed by atoms with Gasteiger partial charge in [0, 0.05) is 42.3 Å². The van der Waals surface area contributed by atoms with Gasteiger partial charge >= 0.3 is 0 Å². The van der Waals surface area contributed by atoms with Crippen LogP contribution in [-0.4, -0.2) is 108 Å². The van der Waals surface area contributed by atoms with Crippen LogP contribution in [0.3, 0.4) is 0 Å². The highest BCUT2D eigenvalue weighted by atomic mass is 35.5. The first kappa shape index (κ1) is 34.3. The van der Waals surface area contributed by atoms with E-state index in [1.54, 1.807) is 36.4 Å². The number of rotatable bonds is 16. The summed E-state index contributed by atoms with van der Waals surface area (Å²) in [5, 5.41) is 23.9. The first-order valence-electron chi connectivity index (χ1n) is 15.9. The number of aromatic amines is 1. The van der Waals surface area contributed by atoms with Crippen LogP contribution in [0, 0.1) is 6.92 Å². The summed E-state index contributed by atoms with van der Waals surface area (Å²) in [6, 6.07) is 10.8. The molecule has 14 nitrogen and oxygen atoms in total. The lowest BCUT2D eigenvalue weighted by atomic mass is 9.92. The van der Waals surface area contributed by atoms with Gasteiger partial charge in [-0.1, -0.05) is 23.4 Å². The number of benzene rings is 2. The van der Waals surface area contributed by atoms with Gasteiger partial charge in [-0.3, -0.25) is 9.59 Å². The lowest BCUT2D eigenvalue weighted by Crippen LogP contribution is -2.30. The molecule has 0 saturated heterocycles. The Morgan fingerprint density at radius 3 is 2.57 bits per heavy atom. The Bertz CT molecular complexity index is 1950. The fraction of sp³-hybridized carbons (Fsp3) is 0.382. The van der Waals surface area contributed by atoms with E-state index in [1.165, 1.54) is 10.9 Å². The number of halogens is 1. The minimum atomic E-state index is -0.477. The summed E-state index contributed by atoms with van der Waals surface area (Å²) in [6.45, 7) is 6.07. The maximum absolute atomic E-state index is 13.9. The number of ether oxygens (including phenoxy) is 4. The number of aromatic nitrogens is 5. The number of pyridine rings is 1. The molecule has 49 heavy (non-hydrogen) atoms. The van der Waals surface area contributed by atoms with Gasteiger partial charge in [0.2, 0.25) is 0 Å². The monoisotopic (exact) mass is 691 g/mol. The molecule has 3 N–H and O–H groups in total. The molecule has 3 aromatic heterocycles. The first-order chi connectivity index (χ1) is 23.9. The van der Waals surface area contributed by atoms with E-state index in [0.29, 0.717) is 87.5 Å². The SMILES string of the molecule is COCCOCCOCCOCCn1cc(C(=O)Nc2cc3cc(C(=O)N4C[C@@H](CCl)c5c4cc(O)c4cccc(C)c54)[nH]c3cn2)nn1. The zero-order valence-electron chi connectivity index (χ0n) is 27.3. The Hall–Kier alpha value is -4.60. The number of nitrogens with one attached hydrogen (secondary N) is 2. The molecule has 258 valence electrons. The number of phenolic OH excluding ortho intramolecular Hbond substituents is 1. The highest BCUT2D eigenvalue weighted by Crippen LogP contribution is 2.46. The van der Waals surface area contributed by atoms with Crippen molar-refractivity contribution in [2.45, 2.75) is 19.4 Å². The predicted octanol–water partition coefficient (Wildman–Crippen LogP) is 4.25. The molecule has 2 amide bonds. The van der Waals surface area contributed by atoms with Gasteiger partial charge in [0.1, 0.15) is 17.3 Å². The summed E-state index contributed by atoms with van der Waals surface area (Å²) in [4.78, 5) is 35.9. The van der Waals surface area contributed by atoms with Crippen molar-refractivity contribution in [1.82, 2.24) is 25.0 Å². The molecule has 4 heterocycles. The lowest BCUT2D eigenvalue weighted by molar-refractivity contribution is 0.00244. The molecule has 5 aromatic rings. The largest absolute Gasteiger partial charge is 0.507 e. The van der Waals surface area contributed by atoms with Crippen LogP contribution in [0.2, 0.25) is 0 Å². The second-order valence-electron chi connectivity index (χ2n) is 11.6. The van der Waals surface area contributed by atoms with Crippen molar-refractivity contribution in [3.8, 4) is 5.75 Å². The molecule has 0 fully saturated rings. The second kappa shape index (κ2) is 15.7. The standard InChI is InChI=1S/C34H38ClN7O7/c1-21-4-3-5-24-29(43)16-28-32(31(21)24)23(17-35)19-42(28)34(45)25-14-22-15-30(36-18-26(22)37-25)38-33(44)27-20-41(40-39-27)6-7-47-10-11-49-13-12-48-9-8-46-2/h3-5,14-16,18,20,23,37,43H,6-13,17,19H2,1-2H3,(H,36,38,44)/t23-/m1/s1. The van der Waals surface area contributed by atoms with Crippen molar-refractivity contribution < 1.29 is 33.6 Å². The lowest BCUT2D eigenvalue weighted by Gasteiger charge is -2.18. The van der Waals surface area contributed by atoms with E-state index in [0.717, 1.165) is 21.9 Å². The zero-order chi connectivity index (χ0) is 34.3. The zero-order valence-corrected chi connectivity index (χ0v) is 28.0. The van der Waals surface area contributed by atoms with Crippen molar-refractivity contribution >= 4 is 56.6 Å². The molecule has 1 aliphatic heterocycles. The number of phenols is 1. The highest BCUT2D eigenvalue weighted by Gasteiger charge is 2.36. The molecule has 0 bridgehead atoms. The first-order valence-corrected chi connectivity index (χ1v) is 16.5. The van der Waals surface area contributed by atoms with Gasteiger partial charge in [-0.2, -0.15) is 0 Å². The third kappa shape index (κ3) is 7.68. The molecule has 6 rings (SSSR count). The van der Waals surface area contributed by atoms with Crippen LogP contribution < -0.4 is 10.2 Å². The average molecular weight is 692 g/mol. The molecule has 0 saturated carbocycles. The molecule has 1 atom stereocenters. The summed E-state index contributed by atoms with van der Waals surface area (Å²) in [5.74, 6) is -0.107. The quantitative estimate of drug-likeness (QED) is 0.101. The Morgan fingerprint density at radius 2 is 1.82 bits per heavy atom. The Morgan fingerprint density at radius 1 is 1.06 bits per heavy atom. The van der Waals surface area contributed by atoms with Gasteiger partial charge in [-0.15, -0.1) is 16.7 Å². The number of hydrogen-bond donors (Lipinski definition) is 3. The third-order valence-electron chi connectivity index (χ3n) is 8.29. The fourth-order valence-corrected chi connectivity index (χ4v) is 6.16. The molecule has 0 spiro atoms.